The third-order valence-corrected chi connectivity index (χ3v) is 2.74. The summed E-state index contributed by atoms with van der Waals surface area (Å²) in [5.41, 5.74) is 0.906. The van der Waals surface area contributed by atoms with Crippen molar-refractivity contribution >= 4 is 0 Å². The fourth-order valence-corrected chi connectivity index (χ4v) is 1.74. The van der Waals surface area contributed by atoms with Crippen LogP contribution in [0.5, 0.6) is 0 Å². The van der Waals surface area contributed by atoms with Crippen molar-refractivity contribution in [2.45, 2.75) is 19.4 Å². The number of ether oxygens (including phenoxy) is 1. The van der Waals surface area contributed by atoms with Gasteiger partial charge in [0.05, 0.1) is 24.6 Å². The first-order chi connectivity index (χ1) is 7.36. The van der Waals surface area contributed by atoms with Crippen LogP contribution < -0.4 is 5.32 Å². The van der Waals surface area contributed by atoms with E-state index in [0.717, 1.165) is 25.4 Å². The summed E-state index contributed by atoms with van der Waals surface area (Å²) < 4.78 is 5.77. The second-order valence-electron chi connectivity index (χ2n) is 3.96. The summed E-state index contributed by atoms with van der Waals surface area (Å²) in [5.74, 6) is 0.657. The molecule has 1 aliphatic heterocycles. The van der Waals surface area contributed by atoms with Crippen LogP contribution in [0.25, 0.3) is 0 Å². The molecule has 1 N–H and O–H groups in total. The number of hydrogen-bond donors (Lipinski definition) is 1. The first kappa shape index (κ1) is 10.5. The maximum absolute atomic E-state index is 5.77. The third kappa shape index (κ3) is 2.97. The zero-order valence-electron chi connectivity index (χ0n) is 9.02. The van der Waals surface area contributed by atoms with Gasteiger partial charge in [0.1, 0.15) is 0 Å². The van der Waals surface area contributed by atoms with Crippen molar-refractivity contribution in [3.8, 4) is 0 Å². The van der Waals surface area contributed by atoms with Gasteiger partial charge in [-0.2, -0.15) is 0 Å². The van der Waals surface area contributed by atoms with Crippen LogP contribution >= 0.6 is 0 Å². The van der Waals surface area contributed by atoms with E-state index in [4.69, 9.17) is 4.74 Å². The van der Waals surface area contributed by atoms with E-state index in [1.165, 1.54) is 6.42 Å². The number of hydrogen-bond acceptors (Lipinski definition) is 4. The molecule has 1 aromatic rings. The largest absolute Gasteiger partial charge is 0.372 e. The Morgan fingerprint density at radius 3 is 3.20 bits per heavy atom. The van der Waals surface area contributed by atoms with Crippen LogP contribution in [0.4, 0.5) is 0 Å². The van der Waals surface area contributed by atoms with Crippen LogP contribution in [-0.4, -0.2) is 29.7 Å². The van der Waals surface area contributed by atoms with Gasteiger partial charge in [0.25, 0.3) is 0 Å². The number of nitrogens with one attached hydrogen (secondary N) is 1. The summed E-state index contributed by atoms with van der Waals surface area (Å²) >= 11 is 0. The highest BCUT2D eigenvalue weighted by Gasteiger charge is 2.16. The fourth-order valence-electron chi connectivity index (χ4n) is 1.74. The second-order valence-corrected chi connectivity index (χ2v) is 3.96. The van der Waals surface area contributed by atoms with Crippen LogP contribution in [0, 0.1) is 5.92 Å². The Kier molecular flexibility index (Phi) is 3.64. The van der Waals surface area contributed by atoms with Gasteiger partial charge in [0.15, 0.2) is 0 Å². The lowest BCUT2D eigenvalue weighted by molar-refractivity contribution is 0.0408. The standard InChI is InChI=1S/C11H17N3O/c1-9(11-7-13-4-5-14-11)15-8-10-2-3-12-6-10/h4-5,7,9-10,12H,2-3,6,8H2,1H3/t9-,10+/m1/s1. The van der Waals surface area contributed by atoms with Gasteiger partial charge in [-0.3, -0.25) is 9.97 Å². The van der Waals surface area contributed by atoms with E-state index in [9.17, 15) is 0 Å². The molecule has 2 rings (SSSR count). The summed E-state index contributed by atoms with van der Waals surface area (Å²) in [6, 6.07) is 0. The highest BCUT2D eigenvalue weighted by atomic mass is 16.5. The summed E-state index contributed by atoms with van der Waals surface area (Å²) in [6.07, 6.45) is 6.40. The molecule has 4 heteroatoms. The van der Waals surface area contributed by atoms with Gasteiger partial charge in [-0.05, 0) is 25.8 Å². The van der Waals surface area contributed by atoms with Gasteiger partial charge in [-0.1, -0.05) is 0 Å². The first-order valence-electron chi connectivity index (χ1n) is 5.44. The summed E-state index contributed by atoms with van der Waals surface area (Å²) in [4.78, 5) is 8.25. The molecule has 0 bridgehead atoms. The molecular formula is C11H17N3O. The van der Waals surface area contributed by atoms with E-state index in [0.29, 0.717) is 5.92 Å². The quantitative estimate of drug-likeness (QED) is 0.805. The van der Waals surface area contributed by atoms with Crippen molar-refractivity contribution < 1.29 is 4.74 Å². The molecule has 1 fully saturated rings. The van der Waals surface area contributed by atoms with E-state index in [1.54, 1.807) is 18.6 Å². The van der Waals surface area contributed by atoms with E-state index in [2.05, 4.69) is 15.3 Å². The molecule has 15 heavy (non-hydrogen) atoms. The van der Waals surface area contributed by atoms with Crippen molar-refractivity contribution in [2.75, 3.05) is 19.7 Å². The van der Waals surface area contributed by atoms with Crippen molar-refractivity contribution in [3.05, 3.63) is 24.3 Å². The lowest BCUT2D eigenvalue weighted by Gasteiger charge is -2.14. The van der Waals surface area contributed by atoms with Gasteiger partial charge in [0.2, 0.25) is 0 Å². The van der Waals surface area contributed by atoms with Crippen molar-refractivity contribution in [3.63, 3.8) is 0 Å². The van der Waals surface area contributed by atoms with Crippen molar-refractivity contribution in [1.29, 1.82) is 0 Å². The Labute approximate surface area is 90.1 Å². The molecule has 0 saturated carbocycles. The van der Waals surface area contributed by atoms with Gasteiger partial charge < -0.3 is 10.1 Å². The SMILES string of the molecule is C[C@@H](OC[C@H]1CCNC1)c1cnccn1. The minimum Gasteiger partial charge on any atom is -0.372 e. The van der Waals surface area contributed by atoms with Crippen molar-refractivity contribution in [2.24, 2.45) is 5.92 Å². The first-order valence-corrected chi connectivity index (χ1v) is 5.44. The summed E-state index contributed by atoms with van der Waals surface area (Å²) in [6.45, 7) is 5.03. The maximum atomic E-state index is 5.77. The highest BCUT2D eigenvalue weighted by Crippen LogP contribution is 2.16. The molecule has 0 spiro atoms. The Morgan fingerprint density at radius 1 is 1.60 bits per heavy atom. The van der Waals surface area contributed by atoms with Crippen LogP contribution in [0.1, 0.15) is 25.1 Å². The van der Waals surface area contributed by atoms with Gasteiger partial charge >= 0.3 is 0 Å². The molecule has 1 saturated heterocycles. The number of nitrogens with zero attached hydrogens (tertiary/aromatic N) is 2. The third-order valence-electron chi connectivity index (χ3n) is 2.74. The Balaban J connectivity index is 1.79. The van der Waals surface area contributed by atoms with Crippen LogP contribution in [0.2, 0.25) is 0 Å². The molecular weight excluding hydrogens is 190 g/mol. The lowest BCUT2D eigenvalue weighted by atomic mass is 10.1. The highest BCUT2D eigenvalue weighted by molar-refractivity contribution is 4.98. The topological polar surface area (TPSA) is 47.0 Å². The minimum absolute atomic E-state index is 0.0410. The van der Waals surface area contributed by atoms with Crippen LogP contribution in [0.15, 0.2) is 18.6 Å². The molecule has 2 atom stereocenters. The fraction of sp³-hybridized carbons (Fsp3) is 0.636. The summed E-state index contributed by atoms with van der Waals surface area (Å²) in [7, 11) is 0. The zero-order chi connectivity index (χ0) is 10.5. The molecule has 4 nitrogen and oxygen atoms in total. The molecule has 0 aromatic carbocycles. The molecule has 2 heterocycles. The molecule has 0 unspecified atom stereocenters. The molecule has 0 radical (unpaired) electrons. The number of rotatable bonds is 4. The zero-order valence-corrected chi connectivity index (χ0v) is 9.02. The van der Waals surface area contributed by atoms with Gasteiger partial charge in [-0.15, -0.1) is 0 Å². The lowest BCUT2D eigenvalue weighted by Crippen LogP contribution is -2.15. The maximum Gasteiger partial charge on any atom is 0.0982 e. The monoisotopic (exact) mass is 207 g/mol. The Bertz CT molecular complexity index is 285. The Hall–Kier alpha value is -1.00. The van der Waals surface area contributed by atoms with Gasteiger partial charge in [-0.25, -0.2) is 0 Å². The predicted molar refractivity (Wildman–Crippen MR) is 57.4 cm³/mol. The molecule has 0 aliphatic carbocycles. The second kappa shape index (κ2) is 5.19. The van der Waals surface area contributed by atoms with E-state index in [1.807, 2.05) is 6.92 Å². The van der Waals surface area contributed by atoms with E-state index >= 15 is 0 Å². The predicted octanol–water partition coefficient (Wildman–Crippen LogP) is 1.16. The van der Waals surface area contributed by atoms with Gasteiger partial charge in [0, 0.05) is 18.9 Å². The van der Waals surface area contributed by atoms with E-state index in [-0.39, 0.29) is 6.10 Å². The summed E-state index contributed by atoms with van der Waals surface area (Å²) in [5, 5.41) is 3.33. The average Bonchev–Trinajstić information content (AvgIpc) is 2.80. The number of aromatic nitrogens is 2. The van der Waals surface area contributed by atoms with Crippen molar-refractivity contribution in [1.82, 2.24) is 15.3 Å². The average molecular weight is 207 g/mol. The molecule has 1 aliphatic rings. The minimum atomic E-state index is 0.0410. The van der Waals surface area contributed by atoms with Crippen LogP contribution in [-0.2, 0) is 4.74 Å². The molecule has 0 amide bonds. The Morgan fingerprint density at radius 2 is 2.53 bits per heavy atom. The van der Waals surface area contributed by atoms with Crippen LogP contribution in [0.3, 0.4) is 0 Å². The normalized spacial score (nSPS) is 22.9. The molecule has 82 valence electrons. The smallest absolute Gasteiger partial charge is 0.0982 e. The van der Waals surface area contributed by atoms with E-state index < -0.39 is 0 Å². The molecule has 1 aromatic heterocycles.